The lowest BCUT2D eigenvalue weighted by Gasteiger charge is -2.14. The largest absolute Gasteiger partial charge is 0.495 e. The molecule has 0 saturated carbocycles. The molecule has 5 heteroatoms. The van der Waals surface area contributed by atoms with Crippen LogP contribution in [0, 0.1) is 0 Å². The Bertz CT molecular complexity index is 540. The fourth-order valence-electron chi connectivity index (χ4n) is 1.84. The Balaban J connectivity index is 2.37. The maximum Gasteiger partial charge on any atom is 0.137 e. The first-order chi connectivity index (χ1) is 8.67. The monoisotopic (exact) mass is 266 g/mol. The molecule has 1 atom stereocenters. The van der Waals surface area contributed by atoms with Crippen molar-refractivity contribution >= 4 is 11.6 Å². The van der Waals surface area contributed by atoms with Crippen molar-refractivity contribution in [1.82, 2.24) is 9.55 Å². The Morgan fingerprint density at radius 2 is 2.28 bits per heavy atom. The quantitative estimate of drug-likeness (QED) is 0.925. The van der Waals surface area contributed by atoms with Gasteiger partial charge >= 0.3 is 0 Å². The third-order valence-electron chi connectivity index (χ3n) is 2.86. The van der Waals surface area contributed by atoms with Gasteiger partial charge in [0, 0.05) is 6.54 Å². The number of hydrogen-bond donors (Lipinski definition) is 1. The van der Waals surface area contributed by atoms with Crippen LogP contribution in [0.2, 0.25) is 5.02 Å². The van der Waals surface area contributed by atoms with Crippen molar-refractivity contribution in [3.05, 3.63) is 47.0 Å². The van der Waals surface area contributed by atoms with Crippen LogP contribution in [-0.4, -0.2) is 21.8 Å². The number of halogens is 1. The molecule has 4 nitrogen and oxygen atoms in total. The van der Waals surface area contributed by atoms with E-state index in [0.29, 0.717) is 10.8 Å². The van der Waals surface area contributed by atoms with Crippen LogP contribution in [0.25, 0.3) is 0 Å². The first kappa shape index (κ1) is 12.9. The fourth-order valence-corrected chi connectivity index (χ4v) is 2.03. The summed E-state index contributed by atoms with van der Waals surface area (Å²) >= 11 is 5.96. The van der Waals surface area contributed by atoms with Crippen LogP contribution in [-0.2, 0) is 6.54 Å². The molecule has 1 aromatic heterocycles. The summed E-state index contributed by atoms with van der Waals surface area (Å²) < 4.78 is 7.04. The van der Waals surface area contributed by atoms with Crippen LogP contribution in [0.5, 0.6) is 5.75 Å². The summed E-state index contributed by atoms with van der Waals surface area (Å²) in [5.74, 6) is 0.552. The lowest BCUT2D eigenvalue weighted by atomic mass is 10.1. The lowest BCUT2D eigenvalue weighted by Crippen LogP contribution is -2.07. The average molecular weight is 267 g/mol. The molecule has 2 rings (SSSR count). The smallest absolute Gasteiger partial charge is 0.137 e. The zero-order valence-electron chi connectivity index (χ0n) is 10.3. The van der Waals surface area contributed by atoms with Gasteiger partial charge < -0.3 is 14.4 Å². The Morgan fingerprint density at radius 3 is 2.94 bits per heavy atom. The molecule has 18 heavy (non-hydrogen) atoms. The maximum atomic E-state index is 10.3. The molecule has 1 heterocycles. The lowest BCUT2D eigenvalue weighted by molar-refractivity contribution is 0.209. The minimum Gasteiger partial charge on any atom is -0.495 e. The summed E-state index contributed by atoms with van der Waals surface area (Å²) in [5.41, 5.74) is 1.48. The van der Waals surface area contributed by atoms with E-state index < -0.39 is 6.10 Å². The van der Waals surface area contributed by atoms with Crippen LogP contribution in [0.15, 0.2) is 30.7 Å². The topological polar surface area (TPSA) is 47.3 Å². The molecule has 2 aromatic rings. The van der Waals surface area contributed by atoms with Crippen LogP contribution in [0.3, 0.4) is 0 Å². The van der Waals surface area contributed by atoms with Gasteiger partial charge in [-0.05, 0) is 24.6 Å². The predicted molar refractivity (Wildman–Crippen MR) is 70.0 cm³/mol. The number of benzene rings is 1. The molecule has 0 aliphatic heterocycles. The highest BCUT2D eigenvalue weighted by Crippen LogP contribution is 2.30. The molecule has 0 radical (unpaired) electrons. The molecule has 0 aliphatic rings. The molecule has 0 fully saturated rings. The van der Waals surface area contributed by atoms with Crippen molar-refractivity contribution < 1.29 is 9.84 Å². The van der Waals surface area contributed by atoms with E-state index in [4.69, 9.17) is 16.3 Å². The summed E-state index contributed by atoms with van der Waals surface area (Å²) in [5, 5.41) is 10.9. The molecule has 1 unspecified atom stereocenters. The van der Waals surface area contributed by atoms with Crippen LogP contribution in [0.1, 0.15) is 24.3 Å². The summed E-state index contributed by atoms with van der Waals surface area (Å²) in [4.78, 5) is 4.05. The van der Waals surface area contributed by atoms with E-state index >= 15 is 0 Å². The number of aliphatic hydroxyl groups excluding tert-OH is 1. The SMILES string of the molecule is CCn1cncc1C(O)c1ccc(Cl)c(OC)c1. The number of aromatic nitrogens is 2. The summed E-state index contributed by atoms with van der Waals surface area (Å²) in [6, 6.07) is 5.23. The standard InChI is InChI=1S/C13H15ClN2O2/c1-3-16-8-15-7-11(16)13(17)9-4-5-10(14)12(6-9)18-2/h4-8,13,17H,3H2,1-2H3. The zero-order valence-corrected chi connectivity index (χ0v) is 11.1. The van der Waals surface area contributed by atoms with Gasteiger partial charge in [-0.1, -0.05) is 17.7 Å². The average Bonchev–Trinajstić information content (AvgIpc) is 2.86. The molecule has 0 spiro atoms. The second kappa shape index (κ2) is 5.42. The highest BCUT2D eigenvalue weighted by atomic mass is 35.5. The Hall–Kier alpha value is -1.52. The van der Waals surface area contributed by atoms with E-state index in [1.807, 2.05) is 11.5 Å². The normalized spacial score (nSPS) is 12.4. The molecular formula is C13H15ClN2O2. The van der Waals surface area contributed by atoms with Crippen molar-refractivity contribution in [2.24, 2.45) is 0 Å². The number of rotatable bonds is 4. The van der Waals surface area contributed by atoms with Gasteiger partial charge in [0.2, 0.25) is 0 Å². The van der Waals surface area contributed by atoms with Crippen LogP contribution in [0.4, 0.5) is 0 Å². The van der Waals surface area contributed by atoms with E-state index in [0.717, 1.165) is 17.8 Å². The molecule has 96 valence electrons. The number of aliphatic hydroxyl groups is 1. The van der Waals surface area contributed by atoms with Gasteiger partial charge in [-0.25, -0.2) is 4.98 Å². The van der Waals surface area contributed by atoms with Crippen LogP contribution >= 0.6 is 11.6 Å². The molecule has 1 aromatic carbocycles. The molecule has 0 aliphatic carbocycles. The zero-order chi connectivity index (χ0) is 13.1. The number of nitrogens with zero attached hydrogens (tertiary/aromatic N) is 2. The third-order valence-corrected chi connectivity index (χ3v) is 3.17. The van der Waals surface area contributed by atoms with Gasteiger partial charge in [0.1, 0.15) is 11.9 Å². The fraction of sp³-hybridized carbons (Fsp3) is 0.308. The van der Waals surface area contributed by atoms with E-state index in [2.05, 4.69) is 4.98 Å². The number of imidazole rings is 1. The van der Waals surface area contributed by atoms with Gasteiger partial charge in [0.05, 0.1) is 30.4 Å². The Kier molecular flexibility index (Phi) is 3.89. The number of methoxy groups -OCH3 is 1. The van der Waals surface area contributed by atoms with Crippen LogP contribution < -0.4 is 4.74 Å². The minimum atomic E-state index is -0.737. The summed E-state index contributed by atoms with van der Waals surface area (Å²) in [7, 11) is 1.55. The van der Waals surface area contributed by atoms with Gasteiger partial charge in [-0.15, -0.1) is 0 Å². The minimum absolute atomic E-state index is 0.525. The van der Waals surface area contributed by atoms with Crippen molar-refractivity contribution in [1.29, 1.82) is 0 Å². The second-order valence-corrected chi connectivity index (χ2v) is 4.31. The van der Waals surface area contributed by atoms with E-state index in [1.165, 1.54) is 0 Å². The summed E-state index contributed by atoms with van der Waals surface area (Å²) in [6.07, 6.45) is 2.62. The molecule has 0 saturated heterocycles. The van der Waals surface area contributed by atoms with Gasteiger partial charge in [-0.2, -0.15) is 0 Å². The number of ether oxygens (including phenoxy) is 1. The Labute approximate surface area is 111 Å². The van der Waals surface area contributed by atoms with E-state index in [-0.39, 0.29) is 0 Å². The van der Waals surface area contributed by atoms with Crippen molar-refractivity contribution in [2.75, 3.05) is 7.11 Å². The number of aryl methyl sites for hydroxylation is 1. The number of hydrogen-bond acceptors (Lipinski definition) is 3. The van der Waals surface area contributed by atoms with E-state index in [1.54, 1.807) is 37.8 Å². The summed E-state index contributed by atoms with van der Waals surface area (Å²) in [6.45, 7) is 2.76. The first-order valence-electron chi connectivity index (χ1n) is 5.69. The molecule has 0 bridgehead atoms. The maximum absolute atomic E-state index is 10.3. The highest BCUT2D eigenvalue weighted by molar-refractivity contribution is 6.32. The van der Waals surface area contributed by atoms with Crippen molar-refractivity contribution in [3.63, 3.8) is 0 Å². The predicted octanol–water partition coefficient (Wildman–Crippen LogP) is 2.65. The molecular weight excluding hydrogens is 252 g/mol. The van der Waals surface area contributed by atoms with Gasteiger partial charge in [0.25, 0.3) is 0 Å². The first-order valence-corrected chi connectivity index (χ1v) is 6.06. The van der Waals surface area contributed by atoms with Gasteiger partial charge in [0.15, 0.2) is 0 Å². The molecule has 0 amide bonds. The Morgan fingerprint density at radius 1 is 1.50 bits per heavy atom. The van der Waals surface area contributed by atoms with E-state index in [9.17, 15) is 5.11 Å². The highest BCUT2D eigenvalue weighted by Gasteiger charge is 2.16. The third kappa shape index (κ3) is 2.35. The van der Waals surface area contributed by atoms with Crippen molar-refractivity contribution in [3.8, 4) is 5.75 Å². The van der Waals surface area contributed by atoms with Crippen molar-refractivity contribution in [2.45, 2.75) is 19.6 Å². The van der Waals surface area contributed by atoms with Gasteiger partial charge in [-0.3, -0.25) is 0 Å². The molecule has 1 N–H and O–H groups in total. The second-order valence-electron chi connectivity index (χ2n) is 3.90.